The van der Waals surface area contributed by atoms with E-state index in [-0.39, 0.29) is 11.3 Å². The zero-order valence-electron chi connectivity index (χ0n) is 8.90. The highest BCUT2D eigenvalue weighted by atomic mass is 16.1. The summed E-state index contributed by atoms with van der Waals surface area (Å²) >= 11 is 0. The maximum Gasteiger partial charge on any atom is 0.220 e. The molecule has 0 spiro atoms. The molecule has 2 heteroatoms. The molecule has 0 aliphatic carbocycles. The Balaban J connectivity index is 3.97. The van der Waals surface area contributed by atoms with Crippen LogP contribution in [0.4, 0.5) is 0 Å². The van der Waals surface area contributed by atoms with Gasteiger partial charge in [-0.25, -0.2) is 0 Å². The van der Waals surface area contributed by atoms with Gasteiger partial charge < -0.3 is 5.32 Å². The molecule has 2 nitrogen and oxygen atoms in total. The van der Waals surface area contributed by atoms with Crippen molar-refractivity contribution in [3.05, 3.63) is 0 Å². The molecule has 1 N–H and O–H groups in total. The zero-order chi connectivity index (χ0) is 9.78. The fraction of sp³-hybridized carbons (Fsp3) is 0.900. The first-order chi connectivity index (χ1) is 5.40. The molecule has 1 amide bonds. The summed E-state index contributed by atoms with van der Waals surface area (Å²) in [6, 6.07) is 0. The Morgan fingerprint density at radius 3 is 2.25 bits per heavy atom. The molecule has 72 valence electrons. The first kappa shape index (κ1) is 11.5. The second-order valence-corrected chi connectivity index (χ2v) is 4.27. The van der Waals surface area contributed by atoms with E-state index in [1.807, 2.05) is 6.92 Å². The topological polar surface area (TPSA) is 29.1 Å². The summed E-state index contributed by atoms with van der Waals surface area (Å²) in [4.78, 5) is 11.3. The van der Waals surface area contributed by atoms with Crippen molar-refractivity contribution in [2.45, 2.75) is 41.0 Å². The minimum atomic E-state index is 0.110. The third-order valence-electron chi connectivity index (χ3n) is 2.55. The van der Waals surface area contributed by atoms with Gasteiger partial charge in [0.05, 0.1) is 0 Å². The predicted molar refractivity (Wildman–Crippen MR) is 51.9 cm³/mol. The lowest BCUT2D eigenvalue weighted by Gasteiger charge is -2.28. The van der Waals surface area contributed by atoms with E-state index in [9.17, 15) is 4.79 Å². The van der Waals surface area contributed by atoms with Crippen LogP contribution < -0.4 is 5.32 Å². The highest BCUT2D eigenvalue weighted by Crippen LogP contribution is 2.29. The molecule has 0 aromatic carbocycles. The van der Waals surface area contributed by atoms with Crippen LogP contribution >= 0.6 is 0 Å². The number of rotatable bonds is 4. The number of hydrogen-bond donors (Lipinski definition) is 1. The average molecular weight is 171 g/mol. The maximum absolute atomic E-state index is 11.3. The molecule has 0 radical (unpaired) electrons. The van der Waals surface area contributed by atoms with E-state index < -0.39 is 0 Å². The molecule has 0 rings (SSSR count). The summed E-state index contributed by atoms with van der Waals surface area (Å²) in [5, 5.41) is 2.82. The Morgan fingerprint density at radius 1 is 1.42 bits per heavy atom. The predicted octanol–water partition coefficient (Wildman–Crippen LogP) is 2.19. The van der Waals surface area contributed by atoms with Crippen LogP contribution in [0.15, 0.2) is 0 Å². The Hall–Kier alpha value is -0.530. The van der Waals surface area contributed by atoms with Crippen LogP contribution in [0.3, 0.4) is 0 Å². The van der Waals surface area contributed by atoms with E-state index in [2.05, 4.69) is 33.0 Å². The number of carbonyl (C=O) groups is 1. The Bertz CT molecular complexity index is 150. The van der Waals surface area contributed by atoms with Crippen molar-refractivity contribution in [1.82, 2.24) is 5.32 Å². The van der Waals surface area contributed by atoms with Gasteiger partial charge in [0.1, 0.15) is 0 Å². The molecular formula is C10H21NO. The smallest absolute Gasteiger partial charge is 0.220 e. The molecule has 0 atom stereocenters. The largest absolute Gasteiger partial charge is 0.356 e. The number of amides is 1. The van der Waals surface area contributed by atoms with Gasteiger partial charge >= 0.3 is 0 Å². The molecule has 0 unspecified atom stereocenters. The maximum atomic E-state index is 11.3. The van der Waals surface area contributed by atoms with Crippen LogP contribution in [-0.2, 0) is 4.79 Å². The van der Waals surface area contributed by atoms with Gasteiger partial charge in [-0.05, 0) is 18.3 Å². The molecule has 0 heterocycles. The molecule has 0 aromatic rings. The minimum Gasteiger partial charge on any atom is -0.356 e. The minimum absolute atomic E-state index is 0.110. The summed E-state index contributed by atoms with van der Waals surface area (Å²) in [6.07, 6.45) is 0.624. The van der Waals surface area contributed by atoms with E-state index in [0.29, 0.717) is 12.3 Å². The summed E-state index contributed by atoms with van der Waals surface area (Å²) in [7, 11) is 0. The second-order valence-electron chi connectivity index (χ2n) is 4.27. The fourth-order valence-electron chi connectivity index (χ4n) is 0.878. The van der Waals surface area contributed by atoms with Crippen molar-refractivity contribution < 1.29 is 4.79 Å². The van der Waals surface area contributed by atoms with Gasteiger partial charge in [0.25, 0.3) is 0 Å². The van der Waals surface area contributed by atoms with Gasteiger partial charge in [0.15, 0.2) is 0 Å². The van der Waals surface area contributed by atoms with Gasteiger partial charge in [-0.15, -0.1) is 0 Å². The van der Waals surface area contributed by atoms with Gasteiger partial charge in [-0.1, -0.05) is 27.7 Å². The van der Waals surface area contributed by atoms with Gasteiger partial charge in [0, 0.05) is 13.0 Å². The van der Waals surface area contributed by atoms with Crippen molar-refractivity contribution in [1.29, 1.82) is 0 Å². The number of hydrogen-bond acceptors (Lipinski definition) is 1. The third kappa shape index (κ3) is 3.74. The zero-order valence-corrected chi connectivity index (χ0v) is 8.90. The molecule has 0 saturated heterocycles. The van der Waals surface area contributed by atoms with Gasteiger partial charge in [-0.3, -0.25) is 4.79 Å². The standard InChI is InChI=1S/C10H21NO/c1-6-11-9(12)7-10(4,5)8(2)3/h8H,6-7H2,1-5H3,(H,11,12). The van der Waals surface area contributed by atoms with Crippen LogP contribution in [0.1, 0.15) is 41.0 Å². The first-order valence-corrected chi connectivity index (χ1v) is 4.67. The normalized spacial score (nSPS) is 11.8. The highest BCUT2D eigenvalue weighted by molar-refractivity contribution is 5.76. The number of carbonyl (C=O) groups excluding carboxylic acids is 1. The van der Waals surface area contributed by atoms with Crippen molar-refractivity contribution in [3.63, 3.8) is 0 Å². The molecule has 0 bridgehead atoms. The van der Waals surface area contributed by atoms with E-state index in [1.165, 1.54) is 0 Å². The molecule has 0 aromatic heterocycles. The van der Waals surface area contributed by atoms with Crippen LogP contribution in [0.5, 0.6) is 0 Å². The van der Waals surface area contributed by atoms with Crippen molar-refractivity contribution in [2.24, 2.45) is 11.3 Å². The van der Waals surface area contributed by atoms with Crippen LogP contribution in [0, 0.1) is 11.3 Å². The van der Waals surface area contributed by atoms with E-state index >= 15 is 0 Å². The second kappa shape index (κ2) is 4.48. The summed E-state index contributed by atoms with van der Waals surface area (Å²) in [5.41, 5.74) is 0.110. The van der Waals surface area contributed by atoms with Gasteiger partial charge in [0.2, 0.25) is 5.91 Å². The first-order valence-electron chi connectivity index (χ1n) is 4.67. The summed E-state index contributed by atoms with van der Waals surface area (Å²) < 4.78 is 0. The van der Waals surface area contributed by atoms with Crippen LogP contribution in [-0.4, -0.2) is 12.5 Å². The van der Waals surface area contributed by atoms with Crippen LogP contribution in [0.25, 0.3) is 0 Å². The average Bonchev–Trinajstić information content (AvgIpc) is 1.85. The fourth-order valence-corrected chi connectivity index (χ4v) is 0.878. The SMILES string of the molecule is CCNC(=O)CC(C)(C)C(C)C. The highest BCUT2D eigenvalue weighted by Gasteiger charge is 2.25. The molecule has 0 aliphatic rings. The van der Waals surface area contributed by atoms with Crippen LogP contribution in [0.2, 0.25) is 0 Å². The number of nitrogens with one attached hydrogen (secondary N) is 1. The Morgan fingerprint density at radius 2 is 1.92 bits per heavy atom. The lowest BCUT2D eigenvalue weighted by molar-refractivity contribution is -0.123. The summed E-state index contributed by atoms with van der Waals surface area (Å²) in [5.74, 6) is 0.705. The Kier molecular flexibility index (Phi) is 4.29. The van der Waals surface area contributed by atoms with E-state index in [0.717, 1.165) is 6.54 Å². The van der Waals surface area contributed by atoms with E-state index in [4.69, 9.17) is 0 Å². The van der Waals surface area contributed by atoms with Crippen molar-refractivity contribution in [2.75, 3.05) is 6.54 Å². The van der Waals surface area contributed by atoms with E-state index in [1.54, 1.807) is 0 Å². The summed E-state index contributed by atoms with van der Waals surface area (Å²) in [6.45, 7) is 11.2. The molecule has 0 fully saturated rings. The monoisotopic (exact) mass is 171 g/mol. The lowest BCUT2D eigenvalue weighted by Crippen LogP contribution is -2.31. The third-order valence-corrected chi connectivity index (χ3v) is 2.55. The van der Waals surface area contributed by atoms with Crippen molar-refractivity contribution >= 4 is 5.91 Å². The van der Waals surface area contributed by atoms with Gasteiger partial charge in [-0.2, -0.15) is 0 Å². The quantitative estimate of drug-likeness (QED) is 0.690. The molecular weight excluding hydrogens is 150 g/mol. The lowest BCUT2D eigenvalue weighted by atomic mass is 9.78. The molecule has 12 heavy (non-hydrogen) atoms. The Labute approximate surface area is 75.7 Å². The molecule has 0 saturated carbocycles. The molecule has 0 aliphatic heterocycles. The van der Waals surface area contributed by atoms with Crippen molar-refractivity contribution in [3.8, 4) is 0 Å².